The highest BCUT2D eigenvalue weighted by Gasteiger charge is 2.53. The molecule has 0 saturated carbocycles. The quantitative estimate of drug-likeness (QED) is 0.109. The smallest absolute Gasteiger partial charge is 0.464 e. The third kappa shape index (κ3) is 6.19. The number of halogens is 1. The van der Waals surface area contributed by atoms with Gasteiger partial charge in [0.25, 0.3) is 0 Å². The van der Waals surface area contributed by atoms with Crippen molar-refractivity contribution in [1.29, 1.82) is 0 Å². The van der Waals surface area contributed by atoms with E-state index in [9.17, 15) is 0 Å². The van der Waals surface area contributed by atoms with Crippen molar-refractivity contribution in [1.82, 2.24) is 0 Å². The summed E-state index contributed by atoms with van der Waals surface area (Å²) in [4.78, 5) is 0. The SMILES string of the molecule is CC(C)[Si](C#Cc1cccc2cc(OCOCc3ccccc3)c(F)c(B3OC(C)(C)C(C)(C)O3)c12)(C(C)C)C(C)C. The molecule has 0 aliphatic carbocycles. The number of benzene rings is 3. The van der Waals surface area contributed by atoms with Crippen LogP contribution in [0.5, 0.6) is 5.75 Å². The van der Waals surface area contributed by atoms with Crippen LogP contribution in [0.25, 0.3) is 10.8 Å². The van der Waals surface area contributed by atoms with E-state index in [0.29, 0.717) is 34.1 Å². The van der Waals surface area contributed by atoms with Crippen molar-refractivity contribution in [3.8, 4) is 17.2 Å². The van der Waals surface area contributed by atoms with Crippen LogP contribution in [0.3, 0.4) is 0 Å². The fourth-order valence-corrected chi connectivity index (χ4v) is 11.5. The number of ether oxygens (including phenoxy) is 2. The summed E-state index contributed by atoms with van der Waals surface area (Å²) in [6.45, 7) is 21.9. The maximum atomic E-state index is 16.6. The fraction of sp³-hybridized carbons (Fsp3) is 0.486. The Balaban J connectivity index is 1.82. The normalized spacial score (nSPS) is 16.4. The monoisotopic (exact) mass is 588 g/mol. The molecule has 3 aromatic carbocycles. The van der Waals surface area contributed by atoms with E-state index >= 15 is 4.39 Å². The van der Waals surface area contributed by atoms with E-state index in [0.717, 1.165) is 16.5 Å². The first kappa shape index (κ1) is 32.3. The van der Waals surface area contributed by atoms with Crippen LogP contribution in [0.4, 0.5) is 4.39 Å². The molecule has 7 heteroatoms. The van der Waals surface area contributed by atoms with Gasteiger partial charge in [0.05, 0.1) is 17.8 Å². The van der Waals surface area contributed by atoms with Gasteiger partial charge in [-0.3, -0.25) is 0 Å². The zero-order chi connectivity index (χ0) is 30.9. The van der Waals surface area contributed by atoms with Gasteiger partial charge in [0.15, 0.2) is 18.4 Å². The maximum Gasteiger partial charge on any atom is 0.498 e. The summed E-state index contributed by atoms with van der Waals surface area (Å²) in [6, 6.07) is 17.5. The number of hydrogen-bond donors (Lipinski definition) is 0. The highest BCUT2D eigenvalue weighted by atomic mass is 28.3. The van der Waals surface area contributed by atoms with Crippen LogP contribution in [-0.4, -0.2) is 33.2 Å². The lowest BCUT2D eigenvalue weighted by atomic mass is 9.74. The molecule has 1 saturated heterocycles. The number of rotatable bonds is 9. The van der Waals surface area contributed by atoms with Crippen LogP contribution in [0.2, 0.25) is 16.6 Å². The molecular formula is C35H46BFO4Si. The van der Waals surface area contributed by atoms with Crippen molar-refractivity contribution in [3.05, 3.63) is 71.5 Å². The highest BCUT2D eigenvalue weighted by molar-refractivity contribution is 6.90. The molecule has 3 aromatic rings. The minimum absolute atomic E-state index is 0.0924. The van der Waals surface area contributed by atoms with E-state index in [2.05, 4.69) is 53.0 Å². The summed E-state index contributed by atoms with van der Waals surface area (Å²) >= 11 is 0. The van der Waals surface area contributed by atoms with Crippen molar-refractivity contribution >= 4 is 31.4 Å². The summed E-state index contributed by atoms with van der Waals surface area (Å²) in [5.74, 6) is 3.15. The topological polar surface area (TPSA) is 36.9 Å². The lowest BCUT2D eigenvalue weighted by molar-refractivity contribution is 0.00318. The second kappa shape index (κ2) is 12.5. The van der Waals surface area contributed by atoms with Crippen molar-refractivity contribution in [2.75, 3.05) is 6.79 Å². The summed E-state index contributed by atoms with van der Waals surface area (Å²) < 4.78 is 41.0. The Kier molecular flexibility index (Phi) is 9.64. The minimum Gasteiger partial charge on any atom is -0.464 e. The molecule has 0 atom stereocenters. The zero-order valence-corrected chi connectivity index (χ0v) is 27.9. The molecule has 4 rings (SSSR count). The lowest BCUT2D eigenvalue weighted by Gasteiger charge is -2.38. The first-order valence-electron chi connectivity index (χ1n) is 15.1. The van der Waals surface area contributed by atoms with Gasteiger partial charge in [0.1, 0.15) is 8.07 Å². The van der Waals surface area contributed by atoms with Gasteiger partial charge in [-0.05, 0) is 67.4 Å². The molecule has 4 nitrogen and oxygen atoms in total. The van der Waals surface area contributed by atoms with Gasteiger partial charge >= 0.3 is 7.12 Å². The van der Waals surface area contributed by atoms with Crippen molar-refractivity contribution in [2.45, 2.75) is 104 Å². The summed E-state index contributed by atoms with van der Waals surface area (Å²) in [5, 5.41) is 1.52. The number of fused-ring (bicyclic) bond motifs is 1. The molecule has 1 heterocycles. The first-order chi connectivity index (χ1) is 19.7. The summed E-state index contributed by atoms with van der Waals surface area (Å²) in [5.41, 5.74) is 6.10. The largest absolute Gasteiger partial charge is 0.498 e. The van der Waals surface area contributed by atoms with Crippen LogP contribution in [0, 0.1) is 17.3 Å². The van der Waals surface area contributed by atoms with Gasteiger partial charge in [-0.25, -0.2) is 4.39 Å². The van der Waals surface area contributed by atoms with Crippen molar-refractivity contribution in [2.24, 2.45) is 0 Å². The van der Waals surface area contributed by atoms with E-state index in [-0.39, 0.29) is 12.5 Å². The summed E-state index contributed by atoms with van der Waals surface area (Å²) in [7, 11) is -2.95. The second-order valence-corrected chi connectivity index (χ2v) is 18.9. The first-order valence-corrected chi connectivity index (χ1v) is 17.3. The average Bonchev–Trinajstić information content (AvgIpc) is 3.13. The Hall–Kier alpha value is -2.63. The number of hydrogen-bond acceptors (Lipinski definition) is 4. The van der Waals surface area contributed by atoms with E-state index < -0.39 is 32.2 Å². The van der Waals surface area contributed by atoms with Gasteiger partial charge in [0.2, 0.25) is 0 Å². The second-order valence-electron chi connectivity index (χ2n) is 13.3. The molecule has 0 N–H and O–H groups in total. The van der Waals surface area contributed by atoms with E-state index in [1.807, 2.05) is 76.2 Å². The van der Waals surface area contributed by atoms with Crippen molar-refractivity contribution < 1.29 is 23.2 Å². The molecule has 0 radical (unpaired) electrons. The van der Waals surface area contributed by atoms with Crippen LogP contribution >= 0.6 is 0 Å². The van der Waals surface area contributed by atoms with Gasteiger partial charge in [-0.15, -0.1) is 5.54 Å². The Labute approximate surface area is 253 Å². The highest BCUT2D eigenvalue weighted by Crippen LogP contribution is 2.41. The van der Waals surface area contributed by atoms with Crippen LogP contribution in [0.1, 0.15) is 80.4 Å². The van der Waals surface area contributed by atoms with Gasteiger partial charge in [-0.1, -0.05) is 89.9 Å². The maximum absolute atomic E-state index is 16.6. The standard InChI is InChI=1S/C35H46BFO4Si/c1-24(2)42(25(3)4,26(5)6)20-19-28-17-14-18-29-21-30(39-23-38-22-27-15-12-11-13-16-27)33(37)32(31(28)29)36-40-34(7,8)35(9,10)41-36/h11-18,21,24-26H,22-23H2,1-10H3. The van der Waals surface area contributed by atoms with Gasteiger partial charge in [-0.2, -0.15) is 0 Å². The Morgan fingerprint density at radius 3 is 2.02 bits per heavy atom. The van der Waals surface area contributed by atoms with E-state index in [1.165, 1.54) is 0 Å². The average molecular weight is 589 g/mol. The van der Waals surface area contributed by atoms with Gasteiger partial charge in [0, 0.05) is 16.4 Å². The molecule has 0 amide bonds. The molecule has 1 aliphatic heterocycles. The Bertz CT molecular complexity index is 1420. The molecule has 224 valence electrons. The predicted molar refractivity (Wildman–Crippen MR) is 174 cm³/mol. The zero-order valence-electron chi connectivity index (χ0n) is 26.9. The molecule has 1 fully saturated rings. The van der Waals surface area contributed by atoms with Crippen LogP contribution in [0.15, 0.2) is 54.6 Å². The molecule has 0 bridgehead atoms. The molecule has 0 spiro atoms. The third-order valence-electron chi connectivity index (χ3n) is 9.28. The van der Waals surface area contributed by atoms with Crippen LogP contribution < -0.4 is 10.2 Å². The van der Waals surface area contributed by atoms with E-state index in [4.69, 9.17) is 18.8 Å². The molecular weight excluding hydrogens is 542 g/mol. The summed E-state index contributed by atoms with van der Waals surface area (Å²) in [6.07, 6.45) is 0. The molecule has 0 aromatic heterocycles. The third-order valence-corrected chi connectivity index (χ3v) is 15.6. The fourth-order valence-electron chi connectivity index (χ4n) is 6.28. The predicted octanol–water partition coefficient (Wildman–Crippen LogP) is 8.40. The lowest BCUT2D eigenvalue weighted by Crippen LogP contribution is -2.43. The molecule has 42 heavy (non-hydrogen) atoms. The van der Waals surface area contributed by atoms with Gasteiger partial charge < -0.3 is 18.8 Å². The van der Waals surface area contributed by atoms with E-state index in [1.54, 1.807) is 6.07 Å². The minimum atomic E-state index is -2.03. The molecule has 0 unspecified atom stereocenters. The van der Waals surface area contributed by atoms with Crippen molar-refractivity contribution in [3.63, 3.8) is 0 Å². The molecule has 1 aliphatic rings. The van der Waals surface area contributed by atoms with Crippen LogP contribution in [-0.2, 0) is 20.7 Å². The Morgan fingerprint density at radius 1 is 0.857 bits per heavy atom. The Morgan fingerprint density at radius 2 is 1.45 bits per heavy atom.